The van der Waals surface area contributed by atoms with Crippen molar-refractivity contribution in [2.75, 3.05) is 0 Å². The molecule has 0 N–H and O–H groups in total. The highest BCUT2D eigenvalue weighted by atomic mass is 19.2. The van der Waals surface area contributed by atoms with Crippen LogP contribution in [0.1, 0.15) is 12.5 Å². The first-order valence-electron chi connectivity index (χ1n) is 7.54. The van der Waals surface area contributed by atoms with Gasteiger partial charge in [-0.25, -0.2) is 17.6 Å². The summed E-state index contributed by atoms with van der Waals surface area (Å²) in [7, 11) is 0. The molecule has 122 valence electrons. The van der Waals surface area contributed by atoms with Crippen molar-refractivity contribution < 1.29 is 17.6 Å². The van der Waals surface area contributed by atoms with Crippen LogP contribution >= 0.6 is 0 Å². The molecule has 0 unspecified atom stereocenters. The van der Waals surface area contributed by atoms with Crippen molar-refractivity contribution in [1.29, 1.82) is 0 Å². The summed E-state index contributed by atoms with van der Waals surface area (Å²) in [5, 5.41) is 0. The monoisotopic (exact) mass is 330 g/mol. The highest BCUT2D eigenvalue weighted by Gasteiger charge is 2.18. The molecule has 0 atom stereocenters. The number of hydrogen-bond donors (Lipinski definition) is 0. The van der Waals surface area contributed by atoms with Gasteiger partial charge in [-0.2, -0.15) is 0 Å². The Balaban J connectivity index is 2.25. The quantitative estimate of drug-likeness (QED) is 0.400. The van der Waals surface area contributed by atoms with E-state index >= 15 is 4.39 Å². The lowest BCUT2D eigenvalue weighted by Gasteiger charge is -2.14. The molecule has 0 amide bonds. The minimum Gasteiger partial charge on any atom is -0.206 e. The standard InChI is InChI=1S/C20H14F4/c1-2-12-8-9-15(14-10-16(21)20(24)17(22)11-14)19(23)18(12)13-6-4-3-5-7-13/h3-11H,2H2,1H3. The lowest BCUT2D eigenvalue weighted by Crippen LogP contribution is -1.98. The van der Waals surface area contributed by atoms with Gasteiger partial charge in [-0.3, -0.25) is 0 Å². The molecule has 0 heterocycles. The van der Waals surface area contributed by atoms with Crippen LogP contribution in [0, 0.1) is 23.3 Å². The number of rotatable bonds is 3. The molecule has 24 heavy (non-hydrogen) atoms. The maximum Gasteiger partial charge on any atom is 0.194 e. The molecule has 0 spiro atoms. The van der Waals surface area contributed by atoms with E-state index in [1.54, 1.807) is 30.3 Å². The summed E-state index contributed by atoms with van der Waals surface area (Å²) in [5.74, 6) is -4.82. The van der Waals surface area contributed by atoms with Crippen LogP contribution in [0.3, 0.4) is 0 Å². The van der Waals surface area contributed by atoms with E-state index < -0.39 is 23.3 Å². The van der Waals surface area contributed by atoms with Crippen molar-refractivity contribution in [1.82, 2.24) is 0 Å². The Kier molecular flexibility index (Phi) is 4.38. The summed E-state index contributed by atoms with van der Waals surface area (Å²) in [6.07, 6.45) is 0.605. The summed E-state index contributed by atoms with van der Waals surface area (Å²) < 4.78 is 55.2. The van der Waals surface area contributed by atoms with E-state index in [1.807, 2.05) is 13.0 Å². The van der Waals surface area contributed by atoms with Crippen LogP contribution in [-0.4, -0.2) is 0 Å². The molecule has 3 rings (SSSR count). The first-order chi connectivity index (χ1) is 11.5. The first-order valence-corrected chi connectivity index (χ1v) is 7.54. The zero-order valence-corrected chi connectivity index (χ0v) is 12.9. The highest BCUT2D eigenvalue weighted by molar-refractivity contribution is 5.76. The van der Waals surface area contributed by atoms with Crippen LogP contribution in [0.5, 0.6) is 0 Å². The van der Waals surface area contributed by atoms with E-state index in [0.717, 1.165) is 17.7 Å². The zero-order valence-electron chi connectivity index (χ0n) is 12.9. The van der Waals surface area contributed by atoms with Crippen LogP contribution in [-0.2, 0) is 6.42 Å². The van der Waals surface area contributed by atoms with Crippen molar-refractivity contribution in [3.05, 3.63) is 83.4 Å². The molecule has 0 saturated carbocycles. The summed E-state index contributed by atoms with van der Waals surface area (Å²) in [6, 6.07) is 13.7. The van der Waals surface area contributed by atoms with Crippen molar-refractivity contribution in [2.24, 2.45) is 0 Å². The van der Waals surface area contributed by atoms with Crippen LogP contribution in [0.2, 0.25) is 0 Å². The van der Waals surface area contributed by atoms with Crippen LogP contribution in [0.4, 0.5) is 17.6 Å². The molecule has 3 aromatic rings. The lowest BCUT2D eigenvalue weighted by atomic mass is 9.92. The van der Waals surface area contributed by atoms with Gasteiger partial charge in [0.25, 0.3) is 0 Å². The second-order valence-corrected chi connectivity index (χ2v) is 5.43. The Morgan fingerprint density at radius 3 is 1.92 bits per heavy atom. The molecule has 0 nitrogen and oxygen atoms in total. The Morgan fingerprint density at radius 2 is 1.33 bits per heavy atom. The van der Waals surface area contributed by atoms with Gasteiger partial charge in [-0.1, -0.05) is 49.4 Å². The third-order valence-corrected chi connectivity index (χ3v) is 3.97. The molecule has 4 heteroatoms. The van der Waals surface area contributed by atoms with Gasteiger partial charge < -0.3 is 0 Å². The number of hydrogen-bond acceptors (Lipinski definition) is 0. The topological polar surface area (TPSA) is 0 Å². The summed E-state index contributed by atoms with van der Waals surface area (Å²) in [5.41, 5.74) is 1.84. The third kappa shape index (κ3) is 2.80. The molecule has 0 saturated heterocycles. The highest BCUT2D eigenvalue weighted by Crippen LogP contribution is 2.35. The minimum atomic E-state index is -1.56. The Hall–Kier alpha value is -2.62. The molecule has 0 bridgehead atoms. The van der Waals surface area contributed by atoms with Gasteiger partial charge in [0.1, 0.15) is 5.82 Å². The minimum absolute atomic E-state index is 0.0313. The number of benzene rings is 3. The smallest absolute Gasteiger partial charge is 0.194 e. The van der Waals surface area contributed by atoms with E-state index in [-0.39, 0.29) is 11.1 Å². The average molecular weight is 330 g/mol. The van der Waals surface area contributed by atoms with Crippen molar-refractivity contribution >= 4 is 0 Å². The molecule has 0 aliphatic rings. The molecule has 0 fully saturated rings. The predicted molar refractivity (Wildman–Crippen MR) is 86.5 cm³/mol. The number of halogens is 4. The largest absolute Gasteiger partial charge is 0.206 e. The van der Waals surface area contributed by atoms with E-state index in [4.69, 9.17) is 0 Å². The van der Waals surface area contributed by atoms with Gasteiger partial charge in [0.2, 0.25) is 0 Å². The van der Waals surface area contributed by atoms with E-state index in [1.165, 1.54) is 6.07 Å². The average Bonchev–Trinajstić information content (AvgIpc) is 2.59. The molecule has 0 radical (unpaired) electrons. The van der Waals surface area contributed by atoms with E-state index in [2.05, 4.69) is 0 Å². The van der Waals surface area contributed by atoms with Gasteiger partial charge in [0.15, 0.2) is 17.5 Å². The van der Waals surface area contributed by atoms with Crippen molar-refractivity contribution in [2.45, 2.75) is 13.3 Å². The zero-order chi connectivity index (χ0) is 17.3. The fourth-order valence-electron chi connectivity index (χ4n) is 2.76. The Labute approximate surface area is 137 Å². The van der Waals surface area contributed by atoms with Crippen LogP contribution in [0.15, 0.2) is 54.6 Å². The Morgan fingerprint density at radius 1 is 0.708 bits per heavy atom. The summed E-state index contributed by atoms with van der Waals surface area (Å²) >= 11 is 0. The summed E-state index contributed by atoms with van der Waals surface area (Å²) in [6.45, 7) is 1.90. The molecule has 0 aliphatic carbocycles. The van der Waals surface area contributed by atoms with Gasteiger partial charge in [0, 0.05) is 11.1 Å². The lowest BCUT2D eigenvalue weighted by molar-refractivity contribution is 0.447. The molecule has 0 aliphatic heterocycles. The van der Waals surface area contributed by atoms with Crippen molar-refractivity contribution in [3.8, 4) is 22.3 Å². The van der Waals surface area contributed by atoms with Gasteiger partial charge in [-0.05, 0) is 35.2 Å². The molecular weight excluding hydrogens is 316 g/mol. The SMILES string of the molecule is CCc1ccc(-c2cc(F)c(F)c(F)c2)c(F)c1-c1ccccc1. The second kappa shape index (κ2) is 6.48. The Bertz CT molecular complexity index is 863. The fraction of sp³-hybridized carbons (Fsp3) is 0.100. The third-order valence-electron chi connectivity index (χ3n) is 3.97. The number of aryl methyl sites for hydroxylation is 1. The molecule has 0 aromatic heterocycles. The van der Waals surface area contributed by atoms with Gasteiger partial charge >= 0.3 is 0 Å². The maximum absolute atomic E-state index is 15.1. The fourth-order valence-corrected chi connectivity index (χ4v) is 2.76. The summed E-state index contributed by atoms with van der Waals surface area (Å²) in [4.78, 5) is 0. The van der Waals surface area contributed by atoms with Crippen LogP contribution < -0.4 is 0 Å². The molecule has 3 aromatic carbocycles. The second-order valence-electron chi connectivity index (χ2n) is 5.43. The van der Waals surface area contributed by atoms with Gasteiger partial charge in [0.05, 0.1) is 0 Å². The maximum atomic E-state index is 15.1. The normalized spacial score (nSPS) is 10.9. The van der Waals surface area contributed by atoms with E-state index in [0.29, 0.717) is 17.5 Å². The van der Waals surface area contributed by atoms with Gasteiger partial charge in [-0.15, -0.1) is 0 Å². The predicted octanol–water partition coefficient (Wildman–Crippen LogP) is 6.14. The first kappa shape index (κ1) is 16.2. The van der Waals surface area contributed by atoms with Crippen LogP contribution in [0.25, 0.3) is 22.3 Å². The van der Waals surface area contributed by atoms with E-state index in [9.17, 15) is 13.2 Å². The molecular formula is C20H14F4. The van der Waals surface area contributed by atoms with Crippen molar-refractivity contribution in [3.63, 3.8) is 0 Å².